The Morgan fingerprint density at radius 2 is 1.13 bits per heavy atom. The molecule has 0 heterocycles. The third kappa shape index (κ3) is 2.93. The van der Waals surface area contributed by atoms with Crippen LogP contribution in [0.1, 0.15) is 50.7 Å². The van der Waals surface area contributed by atoms with Crippen molar-refractivity contribution in [1.29, 1.82) is 0 Å². The van der Waals surface area contributed by atoms with Gasteiger partial charge in [0.15, 0.2) is 0 Å². The zero-order chi connectivity index (χ0) is 16.1. The molecule has 3 rings (SSSR count). The predicted molar refractivity (Wildman–Crippen MR) is 94.4 cm³/mol. The first-order valence-electron chi connectivity index (χ1n) is 8.80. The van der Waals surface area contributed by atoms with Gasteiger partial charge in [0.05, 0.1) is 13.2 Å². The van der Waals surface area contributed by atoms with Crippen molar-refractivity contribution in [1.82, 2.24) is 0 Å². The number of benzene rings is 2. The van der Waals surface area contributed by atoms with Crippen LogP contribution in [0.2, 0.25) is 0 Å². The molecule has 0 aliphatic heterocycles. The Morgan fingerprint density at radius 1 is 0.696 bits per heavy atom. The van der Waals surface area contributed by atoms with E-state index >= 15 is 0 Å². The van der Waals surface area contributed by atoms with Gasteiger partial charge >= 0.3 is 0 Å². The van der Waals surface area contributed by atoms with Gasteiger partial charge in [-0.2, -0.15) is 0 Å². The normalized spacial score (nSPS) is 14.5. The Labute approximate surface area is 139 Å². The van der Waals surface area contributed by atoms with Crippen molar-refractivity contribution in [3.63, 3.8) is 0 Å². The predicted octanol–water partition coefficient (Wildman–Crippen LogP) is 5.50. The van der Waals surface area contributed by atoms with Crippen LogP contribution in [0, 0.1) is 0 Å². The minimum atomic E-state index is -0.739. The zero-order valence-corrected chi connectivity index (χ0v) is 14.2. The molecule has 0 radical (unpaired) electrons. The summed E-state index contributed by atoms with van der Waals surface area (Å²) in [5, 5.41) is 0. The second kappa shape index (κ2) is 7.29. The van der Waals surface area contributed by atoms with Gasteiger partial charge in [0.25, 0.3) is 0 Å². The summed E-state index contributed by atoms with van der Waals surface area (Å²) in [7, 11) is 0. The first-order chi connectivity index (χ1) is 11.3. The van der Waals surface area contributed by atoms with Crippen LogP contribution in [0.4, 0.5) is 0 Å². The van der Waals surface area contributed by atoms with E-state index in [9.17, 15) is 0 Å². The zero-order valence-electron chi connectivity index (χ0n) is 14.2. The van der Waals surface area contributed by atoms with E-state index in [0.717, 1.165) is 36.8 Å². The third-order valence-electron chi connectivity index (χ3n) is 4.46. The Morgan fingerprint density at radius 3 is 1.57 bits per heavy atom. The Balaban J connectivity index is 2.05. The fourth-order valence-electron chi connectivity index (χ4n) is 3.23. The minimum Gasteiger partial charge on any atom is -0.342 e. The van der Waals surface area contributed by atoms with E-state index < -0.39 is 5.79 Å². The molecule has 0 amide bonds. The van der Waals surface area contributed by atoms with E-state index in [-0.39, 0.29) is 0 Å². The van der Waals surface area contributed by atoms with Gasteiger partial charge in [-0.15, -0.1) is 0 Å². The second-order valence-corrected chi connectivity index (χ2v) is 6.11. The summed E-state index contributed by atoms with van der Waals surface area (Å²) in [4.78, 5) is 0. The van der Waals surface area contributed by atoms with Crippen molar-refractivity contribution in [2.75, 3.05) is 13.2 Å². The summed E-state index contributed by atoms with van der Waals surface area (Å²) >= 11 is 0. The molecule has 1 aliphatic rings. The quantitative estimate of drug-likeness (QED) is 0.473. The highest BCUT2D eigenvalue weighted by atomic mass is 16.7. The molecule has 2 aromatic rings. The van der Waals surface area contributed by atoms with Gasteiger partial charge in [-0.3, -0.25) is 0 Å². The summed E-state index contributed by atoms with van der Waals surface area (Å²) < 4.78 is 12.8. The van der Waals surface area contributed by atoms with Gasteiger partial charge in [0.1, 0.15) is 0 Å². The van der Waals surface area contributed by atoms with E-state index in [1.165, 1.54) is 11.1 Å². The average Bonchev–Trinajstić information content (AvgIpc) is 2.87. The second-order valence-electron chi connectivity index (χ2n) is 6.11. The van der Waals surface area contributed by atoms with Crippen LogP contribution in [0.3, 0.4) is 0 Å². The lowest BCUT2D eigenvalue weighted by molar-refractivity contribution is -0.216. The topological polar surface area (TPSA) is 18.5 Å². The summed E-state index contributed by atoms with van der Waals surface area (Å²) in [6.07, 6.45) is 4.33. The lowest BCUT2D eigenvalue weighted by Crippen LogP contribution is -2.33. The standard InChI is InChI=1S/C21H26O2/c1-3-5-15-22-21(23-16-6-4-2)19-13-9-7-11-17(19)18-12-8-10-14-20(18)21/h7-14H,3-6,15-16H2,1-2H3. The van der Waals surface area contributed by atoms with Gasteiger partial charge in [-0.1, -0.05) is 75.2 Å². The molecule has 0 N–H and O–H groups in total. The highest BCUT2D eigenvalue weighted by Crippen LogP contribution is 2.50. The van der Waals surface area contributed by atoms with Crippen molar-refractivity contribution in [3.05, 3.63) is 59.7 Å². The third-order valence-corrected chi connectivity index (χ3v) is 4.46. The molecule has 0 spiro atoms. The number of hydrogen-bond acceptors (Lipinski definition) is 2. The van der Waals surface area contributed by atoms with Crippen molar-refractivity contribution >= 4 is 0 Å². The van der Waals surface area contributed by atoms with Gasteiger partial charge in [-0.05, 0) is 24.0 Å². The molecule has 1 aliphatic carbocycles. The maximum absolute atomic E-state index is 6.41. The maximum atomic E-state index is 6.41. The lowest BCUT2D eigenvalue weighted by Gasteiger charge is -2.32. The number of unbranched alkanes of at least 4 members (excludes halogenated alkanes) is 2. The van der Waals surface area contributed by atoms with Crippen molar-refractivity contribution in [3.8, 4) is 11.1 Å². The molecule has 2 aromatic carbocycles. The van der Waals surface area contributed by atoms with Crippen LogP contribution < -0.4 is 0 Å². The fraction of sp³-hybridized carbons (Fsp3) is 0.429. The smallest absolute Gasteiger partial charge is 0.223 e. The average molecular weight is 310 g/mol. The number of rotatable bonds is 8. The molecular weight excluding hydrogens is 284 g/mol. The van der Waals surface area contributed by atoms with E-state index in [1.807, 2.05) is 0 Å². The summed E-state index contributed by atoms with van der Waals surface area (Å²) in [5.74, 6) is -0.739. The Kier molecular flexibility index (Phi) is 5.14. The first-order valence-corrected chi connectivity index (χ1v) is 8.80. The first kappa shape index (κ1) is 16.2. The molecule has 23 heavy (non-hydrogen) atoms. The summed E-state index contributed by atoms with van der Waals surface area (Å²) in [6, 6.07) is 17.0. The number of fused-ring (bicyclic) bond motifs is 3. The molecule has 0 fully saturated rings. The van der Waals surface area contributed by atoms with Crippen molar-refractivity contribution in [2.45, 2.75) is 45.3 Å². The Bertz CT molecular complexity index is 590. The largest absolute Gasteiger partial charge is 0.342 e. The van der Waals surface area contributed by atoms with Gasteiger partial charge in [-0.25, -0.2) is 0 Å². The SMILES string of the molecule is CCCCOC1(OCCCC)c2ccccc2-c2ccccc21. The molecular formula is C21H26O2. The van der Waals surface area contributed by atoms with Crippen LogP contribution in [-0.4, -0.2) is 13.2 Å². The highest BCUT2D eigenvalue weighted by molar-refractivity contribution is 5.79. The van der Waals surface area contributed by atoms with Crippen molar-refractivity contribution in [2.24, 2.45) is 0 Å². The maximum Gasteiger partial charge on any atom is 0.223 e. The van der Waals surface area contributed by atoms with Gasteiger partial charge in [0, 0.05) is 11.1 Å². The van der Waals surface area contributed by atoms with Crippen LogP contribution >= 0.6 is 0 Å². The highest BCUT2D eigenvalue weighted by Gasteiger charge is 2.45. The fourth-order valence-corrected chi connectivity index (χ4v) is 3.23. The van der Waals surface area contributed by atoms with Crippen LogP contribution in [-0.2, 0) is 15.3 Å². The van der Waals surface area contributed by atoms with Crippen LogP contribution in [0.5, 0.6) is 0 Å². The number of ether oxygens (including phenoxy) is 2. The van der Waals surface area contributed by atoms with E-state index in [1.54, 1.807) is 0 Å². The molecule has 0 atom stereocenters. The molecule has 0 saturated heterocycles. The van der Waals surface area contributed by atoms with Crippen LogP contribution in [0.15, 0.2) is 48.5 Å². The van der Waals surface area contributed by atoms with Crippen LogP contribution in [0.25, 0.3) is 11.1 Å². The molecule has 0 bridgehead atoms. The van der Waals surface area contributed by atoms with Crippen molar-refractivity contribution < 1.29 is 9.47 Å². The molecule has 2 heteroatoms. The monoisotopic (exact) mass is 310 g/mol. The molecule has 2 nitrogen and oxygen atoms in total. The molecule has 0 aromatic heterocycles. The van der Waals surface area contributed by atoms with Gasteiger partial charge < -0.3 is 9.47 Å². The summed E-state index contributed by atoms with van der Waals surface area (Å²) in [5.41, 5.74) is 4.76. The summed E-state index contributed by atoms with van der Waals surface area (Å²) in [6.45, 7) is 5.80. The van der Waals surface area contributed by atoms with E-state index in [2.05, 4.69) is 62.4 Å². The van der Waals surface area contributed by atoms with E-state index in [0.29, 0.717) is 13.2 Å². The molecule has 0 unspecified atom stereocenters. The number of hydrogen-bond donors (Lipinski definition) is 0. The molecule has 0 saturated carbocycles. The lowest BCUT2D eigenvalue weighted by atomic mass is 10.0. The minimum absolute atomic E-state index is 0.714. The van der Waals surface area contributed by atoms with E-state index in [4.69, 9.17) is 9.47 Å². The molecule has 122 valence electrons. The Hall–Kier alpha value is -1.64. The van der Waals surface area contributed by atoms with Gasteiger partial charge in [0.2, 0.25) is 5.79 Å².